The summed E-state index contributed by atoms with van der Waals surface area (Å²) in [5, 5.41) is 0. The van der Waals surface area contributed by atoms with Crippen molar-refractivity contribution in [3.8, 4) is 0 Å². The minimum Gasteiger partial charge on any atom is -0.377 e. The van der Waals surface area contributed by atoms with Gasteiger partial charge in [-0.15, -0.1) is 12.4 Å². The quantitative estimate of drug-likeness (QED) is 0.906. The number of likely N-dealkylation sites (N-methyl/N-ethyl adjacent to an activating group) is 1. The molecule has 1 saturated heterocycles. The Morgan fingerprint density at radius 2 is 2.00 bits per heavy atom. The fourth-order valence-electron chi connectivity index (χ4n) is 4.40. The maximum absolute atomic E-state index is 13.3. The van der Waals surface area contributed by atoms with E-state index in [4.69, 9.17) is 10.5 Å². The largest absolute Gasteiger partial charge is 0.377 e. The van der Waals surface area contributed by atoms with E-state index in [0.717, 1.165) is 25.0 Å². The highest BCUT2D eigenvalue weighted by molar-refractivity contribution is 5.89. The van der Waals surface area contributed by atoms with Crippen molar-refractivity contribution in [1.82, 2.24) is 4.90 Å². The van der Waals surface area contributed by atoms with Gasteiger partial charge in [-0.05, 0) is 25.3 Å². The zero-order valence-corrected chi connectivity index (χ0v) is 15.6. The maximum Gasteiger partial charge on any atom is 0.243 e. The van der Waals surface area contributed by atoms with Crippen molar-refractivity contribution in [2.75, 3.05) is 13.2 Å². The Morgan fingerprint density at radius 1 is 1.33 bits per heavy atom. The van der Waals surface area contributed by atoms with Crippen LogP contribution in [-0.2, 0) is 16.1 Å². The van der Waals surface area contributed by atoms with Gasteiger partial charge < -0.3 is 15.4 Å². The van der Waals surface area contributed by atoms with Crippen molar-refractivity contribution < 1.29 is 9.53 Å². The average Bonchev–Trinajstić information content (AvgIpc) is 2.59. The molecule has 1 aromatic carbocycles. The first-order chi connectivity index (χ1) is 10.9. The topological polar surface area (TPSA) is 55.6 Å². The number of hydrogen-bond acceptors (Lipinski definition) is 3. The summed E-state index contributed by atoms with van der Waals surface area (Å²) in [5.41, 5.74) is 6.74. The molecule has 1 saturated carbocycles. The lowest BCUT2D eigenvalue weighted by molar-refractivity contribution is -0.230. The van der Waals surface area contributed by atoms with E-state index in [1.807, 2.05) is 30.0 Å². The highest BCUT2D eigenvalue weighted by atomic mass is 35.5. The van der Waals surface area contributed by atoms with Gasteiger partial charge in [-0.1, -0.05) is 44.2 Å². The van der Waals surface area contributed by atoms with Gasteiger partial charge in [0.2, 0.25) is 5.91 Å². The van der Waals surface area contributed by atoms with Crippen LogP contribution in [0.3, 0.4) is 0 Å². The van der Waals surface area contributed by atoms with Gasteiger partial charge in [-0.2, -0.15) is 0 Å². The summed E-state index contributed by atoms with van der Waals surface area (Å²) in [4.78, 5) is 15.2. The molecular weight excluding hydrogens is 324 g/mol. The fourth-order valence-corrected chi connectivity index (χ4v) is 4.40. The predicted molar refractivity (Wildman–Crippen MR) is 97.9 cm³/mol. The van der Waals surface area contributed by atoms with E-state index in [2.05, 4.69) is 26.0 Å². The van der Waals surface area contributed by atoms with Gasteiger partial charge in [0.1, 0.15) is 5.54 Å². The van der Waals surface area contributed by atoms with Crippen LogP contribution in [0.1, 0.15) is 39.2 Å². The molecule has 0 bridgehead atoms. The molecule has 0 radical (unpaired) electrons. The fraction of sp³-hybridized carbons (Fsp3) is 0.632. The molecule has 24 heavy (non-hydrogen) atoms. The lowest BCUT2D eigenvalue weighted by Gasteiger charge is -2.65. The number of halogens is 1. The molecule has 1 heterocycles. The lowest BCUT2D eigenvalue weighted by atomic mass is 9.46. The summed E-state index contributed by atoms with van der Waals surface area (Å²) in [6.07, 6.45) is 2.09. The monoisotopic (exact) mass is 352 g/mol. The SMILES string of the molecule is CCN(Cc1ccccc1)C(=O)C1(N)C2CCCOC2C1(C)C.Cl. The minimum atomic E-state index is -0.817. The molecule has 1 aliphatic heterocycles. The summed E-state index contributed by atoms with van der Waals surface area (Å²) in [5.74, 6) is 0.212. The Morgan fingerprint density at radius 3 is 2.62 bits per heavy atom. The van der Waals surface area contributed by atoms with E-state index in [1.165, 1.54) is 0 Å². The molecule has 1 amide bonds. The Balaban J connectivity index is 0.00000208. The Labute approximate surface area is 151 Å². The second-order valence-electron chi connectivity index (χ2n) is 7.44. The molecule has 4 nitrogen and oxygen atoms in total. The average molecular weight is 353 g/mol. The third-order valence-electron chi connectivity index (χ3n) is 5.92. The van der Waals surface area contributed by atoms with E-state index >= 15 is 0 Å². The standard InChI is InChI=1S/C19H28N2O2.ClH/c1-4-21(13-14-9-6-5-7-10-14)17(22)19(20)15-11-8-12-23-16(15)18(19,2)3;/h5-7,9-10,15-16H,4,8,11-13,20H2,1-3H3;1H. The molecular formula is C19H29ClN2O2. The number of nitrogens with two attached hydrogens (primary N) is 1. The van der Waals surface area contributed by atoms with Crippen LogP contribution in [0.15, 0.2) is 30.3 Å². The number of rotatable bonds is 4. The molecule has 134 valence electrons. The van der Waals surface area contributed by atoms with Crippen molar-refractivity contribution in [2.24, 2.45) is 17.1 Å². The Hall–Kier alpha value is -1.10. The highest BCUT2D eigenvalue weighted by Gasteiger charge is 2.70. The summed E-state index contributed by atoms with van der Waals surface area (Å²) in [7, 11) is 0. The van der Waals surface area contributed by atoms with Crippen molar-refractivity contribution >= 4 is 18.3 Å². The van der Waals surface area contributed by atoms with Crippen LogP contribution in [0.25, 0.3) is 0 Å². The molecule has 5 heteroatoms. The van der Waals surface area contributed by atoms with Gasteiger partial charge >= 0.3 is 0 Å². The number of amides is 1. The summed E-state index contributed by atoms with van der Waals surface area (Å²) in [6.45, 7) is 8.24. The molecule has 1 aliphatic carbocycles. The zero-order valence-electron chi connectivity index (χ0n) is 14.8. The number of carbonyl (C=O) groups excluding carboxylic acids is 1. The molecule has 3 rings (SSSR count). The smallest absolute Gasteiger partial charge is 0.243 e. The number of carbonyl (C=O) groups is 1. The second-order valence-corrected chi connectivity index (χ2v) is 7.44. The zero-order chi connectivity index (χ0) is 16.7. The van der Waals surface area contributed by atoms with Crippen molar-refractivity contribution in [1.29, 1.82) is 0 Å². The number of benzene rings is 1. The Kier molecular flexibility index (Phi) is 5.63. The number of hydrogen-bond donors (Lipinski definition) is 1. The van der Waals surface area contributed by atoms with Gasteiger partial charge in [0.25, 0.3) is 0 Å². The van der Waals surface area contributed by atoms with Gasteiger partial charge in [0.05, 0.1) is 6.10 Å². The van der Waals surface area contributed by atoms with Crippen LogP contribution in [0.4, 0.5) is 0 Å². The van der Waals surface area contributed by atoms with Gasteiger partial charge in [0.15, 0.2) is 0 Å². The third-order valence-corrected chi connectivity index (χ3v) is 5.92. The number of nitrogens with zero attached hydrogens (tertiary/aromatic N) is 1. The van der Waals surface area contributed by atoms with Gasteiger partial charge in [-0.3, -0.25) is 4.79 Å². The summed E-state index contributed by atoms with van der Waals surface area (Å²) in [6, 6.07) is 10.1. The molecule has 3 atom stereocenters. The first-order valence-electron chi connectivity index (χ1n) is 8.66. The van der Waals surface area contributed by atoms with E-state index < -0.39 is 5.54 Å². The van der Waals surface area contributed by atoms with Crippen molar-refractivity contribution in [3.63, 3.8) is 0 Å². The number of ether oxygens (including phenoxy) is 1. The molecule has 0 spiro atoms. The summed E-state index contributed by atoms with van der Waals surface area (Å²) >= 11 is 0. The highest BCUT2D eigenvalue weighted by Crippen LogP contribution is 2.58. The van der Waals surface area contributed by atoms with Gasteiger partial charge in [-0.25, -0.2) is 0 Å². The van der Waals surface area contributed by atoms with E-state index in [-0.39, 0.29) is 35.8 Å². The van der Waals surface area contributed by atoms with Crippen LogP contribution in [0, 0.1) is 11.3 Å². The first kappa shape index (κ1) is 19.2. The number of fused-ring (bicyclic) bond motifs is 1. The van der Waals surface area contributed by atoms with E-state index in [0.29, 0.717) is 13.1 Å². The molecule has 2 aliphatic rings. The lowest BCUT2D eigenvalue weighted by Crippen LogP contribution is -2.82. The molecule has 1 aromatic rings. The van der Waals surface area contributed by atoms with Crippen LogP contribution in [-0.4, -0.2) is 35.6 Å². The van der Waals surface area contributed by atoms with Crippen LogP contribution < -0.4 is 5.73 Å². The van der Waals surface area contributed by atoms with Crippen molar-refractivity contribution in [3.05, 3.63) is 35.9 Å². The van der Waals surface area contributed by atoms with Crippen molar-refractivity contribution in [2.45, 2.75) is 51.8 Å². The molecule has 2 N–H and O–H groups in total. The predicted octanol–water partition coefficient (Wildman–Crippen LogP) is 2.99. The van der Waals surface area contributed by atoms with Crippen LogP contribution in [0.5, 0.6) is 0 Å². The molecule has 2 fully saturated rings. The van der Waals surface area contributed by atoms with E-state index in [9.17, 15) is 4.79 Å². The molecule has 0 aromatic heterocycles. The third kappa shape index (κ3) is 2.75. The molecule has 3 unspecified atom stereocenters. The van der Waals surface area contributed by atoms with Crippen LogP contribution >= 0.6 is 12.4 Å². The minimum absolute atomic E-state index is 0. The van der Waals surface area contributed by atoms with E-state index in [1.54, 1.807) is 0 Å². The maximum atomic E-state index is 13.3. The Bertz CT molecular complexity index is 578. The second kappa shape index (κ2) is 7.03. The first-order valence-corrected chi connectivity index (χ1v) is 8.66. The normalized spacial score (nSPS) is 30.5. The van der Waals surface area contributed by atoms with Gasteiger partial charge in [0, 0.05) is 31.0 Å². The summed E-state index contributed by atoms with van der Waals surface area (Å²) < 4.78 is 5.92. The van der Waals surface area contributed by atoms with Crippen LogP contribution in [0.2, 0.25) is 0 Å².